The number of carbonyl (C=O) groups excluding carboxylic acids is 3. The minimum absolute atomic E-state index is 0.0782. The maximum atomic E-state index is 13.6. The normalized spacial score (nSPS) is 21.7. The zero-order valence-electron chi connectivity index (χ0n) is 18.6. The van der Waals surface area contributed by atoms with Crippen molar-refractivity contribution in [3.05, 3.63) is 57.0 Å². The average Bonchev–Trinajstić information content (AvgIpc) is 3.38. The number of likely N-dealkylation sites (tertiary alicyclic amines) is 1. The number of rotatable bonds is 6. The maximum Gasteiger partial charge on any atom is 0.325 e. The monoisotopic (exact) mass is 491 g/mol. The van der Waals surface area contributed by atoms with Gasteiger partial charge in [0.05, 0.1) is 11.6 Å². The number of amides is 4. The third-order valence-corrected chi connectivity index (χ3v) is 7.62. The number of halogens is 2. The number of piperidine rings is 1. The van der Waals surface area contributed by atoms with Crippen LogP contribution in [0.4, 0.5) is 9.18 Å². The van der Waals surface area contributed by atoms with Crippen molar-refractivity contribution in [2.75, 3.05) is 13.1 Å². The van der Waals surface area contributed by atoms with E-state index < -0.39 is 11.4 Å². The van der Waals surface area contributed by atoms with Gasteiger partial charge in [-0.05, 0) is 60.7 Å². The van der Waals surface area contributed by atoms with Gasteiger partial charge in [-0.2, -0.15) is 0 Å². The molecule has 2 aliphatic heterocycles. The van der Waals surface area contributed by atoms with E-state index in [0.717, 1.165) is 4.88 Å². The molecular weight excluding hydrogens is 465 g/mol. The lowest BCUT2D eigenvalue weighted by Gasteiger charge is -2.41. The zero-order valence-corrected chi connectivity index (χ0v) is 20.2. The van der Waals surface area contributed by atoms with Crippen molar-refractivity contribution in [2.24, 2.45) is 11.8 Å². The van der Waals surface area contributed by atoms with E-state index in [-0.39, 0.29) is 41.2 Å². The van der Waals surface area contributed by atoms with Crippen molar-refractivity contribution in [3.63, 3.8) is 0 Å². The summed E-state index contributed by atoms with van der Waals surface area (Å²) in [6.07, 6.45) is 1.73. The van der Waals surface area contributed by atoms with Crippen LogP contribution < -0.4 is 5.32 Å². The standard InChI is InChI=1S/C24H27ClFN3O3S/c1-15(2)13-24(22(31)29(23(32)27-24)14-18-4-3-11-33-18)17-7-9-28(10-8-17)21(30)16-5-6-20(26)19(25)12-16/h3-6,11-12,15,17H,7-10,13-14H2,1-2H3,(H,27,32)/t24-/m0/s1. The molecule has 176 valence electrons. The molecule has 2 aromatic rings. The molecule has 9 heteroatoms. The minimum Gasteiger partial charge on any atom is -0.339 e. The minimum atomic E-state index is -0.961. The van der Waals surface area contributed by atoms with Gasteiger partial charge in [-0.3, -0.25) is 14.5 Å². The first-order valence-corrected chi connectivity index (χ1v) is 12.4. The van der Waals surface area contributed by atoms with Gasteiger partial charge in [-0.15, -0.1) is 11.3 Å². The Morgan fingerprint density at radius 1 is 1.27 bits per heavy atom. The molecule has 1 atom stereocenters. The zero-order chi connectivity index (χ0) is 23.8. The molecule has 0 radical (unpaired) electrons. The van der Waals surface area contributed by atoms with E-state index in [1.807, 2.05) is 31.4 Å². The summed E-state index contributed by atoms with van der Waals surface area (Å²) >= 11 is 7.36. The van der Waals surface area contributed by atoms with Crippen molar-refractivity contribution in [1.82, 2.24) is 15.1 Å². The van der Waals surface area contributed by atoms with Gasteiger partial charge in [0.25, 0.3) is 11.8 Å². The molecule has 0 unspecified atom stereocenters. The van der Waals surface area contributed by atoms with Crippen LogP contribution in [-0.4, -0.2) is 46.3 Å². The Balaban J connectivity index is 1.50. The Kier molecular flexibility index (Phi) is 6.77. The summed E-state index contributed by atoms with van der Waals surface area (Å²) in [6, 6.07) is 7.43. The van der Waals surface area contributed by atoms with Crippen LogP contribution in [0.2, 0.25) is 5.02 Å². The number of benzene rings is 1. The second-order valence-corrected chi connectivity index (χ2v) is 10.6. The fourth-order valence-electron chi connectivity index (χ4n) is 4.96. The summed E-state index contributed by atoms with van der Waals surface area (Å²) in [5, 5.41) is 4.89. The Hall–Kier alpha value is -2.45. The number of nitrogens with zero attached hydrogens (tertiary/aromatic N) is 2. The van der Waals surface area contributed by atoms with Gasteiger partial charge in [-0.1, -0.05) is 31.5 Å². The molecule has 0 bridgehead atoms. The fourth-order valence-corrected chi connectivity index (χ4v) is 5.83. The fraction of sp³-hybridized carbons (Fsp3) is 0.458. The van der Waals surface area contributed by atoms with Gasteiger partial charge in [0, 0.05) is 23.5 Å². The van der Waals surface area contributed by atoms with Gasteiger partial charge in [0.15, 0.2) is 0 Å². The Bertz CT molecular complexity index is 1050. The number of carbonyl (C=O) groups is 3. The second kappa shape index (κ2) is 9.43. The van der Waals surface area contributed by atoms with Crippen LogP contribution in [0.3, 0.4) is 0 Å². The predicted molar refractivity (Wildman–Crippen MR) is 126 cm³/mol. The summed E-state index contributed by atoms with van der Waals surface area (Å²) in [4.78, 5) is 43.4. The molecule has 0 aliphatic carbocycles. The Morgan fingerprint density at radius 3 is 2.61 bits per heavy atom. The van der Waals surface area contributed by atoms with Gasteiger partial charge in [0.2, 0.25) is 0 Å². The molecule has 2 fully saturated rings. The highest BCUT2D eigenvalue weighted by Crippen LogP contribution is 2.39. The van der Waals surface area contributed by atoms with E-state index in [4.69, 9.17) is 11.6 Å². The highest BCUT2D eigenvalue weighted by Gasteiger charge is 2.56. The van der Waals surface area contributed by atoms with E-state index in [9.17, 15) is 18.8 Å². The van der Waals surface area contributed by atoms with Crippen LogP contribution in [0.5, 0.6) is 0 Å². The number of thiophene rings is 1. The first-order chi connectivity index (χ1) is 15.7. The van der Waals surface area contributed by atoms with E-state index in [1.54, 1.807) is 4.90 Å². The molecular formula is C24H27ClFN3O3S. The second-order valence-electron chi connectivity index (χ2n) is 9.17. The van der Waals surface area contributed by atoms with Crippen molar-refractivity contribution < 1.29 is 18.8 Å². The molecule has 6 nitrogen and oxygen atoms in total. The van der Waals surface area contributed by atoms with Crippen molar-refractivity contribution >= 4 is 40.8 Å². The van der Waals surface area contributed by atoms with Gasteiger partial charge < -0.3 is 10.2 Å². The largest absolute Gasteiger partial charge is 0.339 e. The van der Waals surface area contributed by atoms with Crippen LogP contribution >= 0.6 is 22.9 Å². The highest BCUT2D eigenvalue weighted by molar-refractivity contribution is 7.09. The van der Waals surface area contributed by atoms with Crippen molar-refractivity contribution in [2.45, 2.75) is 45.2 Å². The number of imide groups is 1. The highest BCUT2D eigenvalue weighted by atomic mass is 35.5. The van der Waals surface area contributed by atoms with Crippen LogP contribution in [0, 0.1) is 17.7 Å². The van der Waals surface area contributed by atoms with E-state index >= 15 is 0 Å². The molecule has 4 rings (SSSR count). The molecule has 1 N–H and O–H groups in total. The van der Waals surface area contributed by atoms with Gasteiger partial charge >= 0.3 is 6.03 Å². The Labute approximate surface area is 201 Å². The van der Waals surface area contributed by atoms with Crippen molar-refractivity contribution in [1.29, 1.82) is 0 Å². The van der Waals surface area contributed by atoms with Crippen LogP contribution in [0.15, 0.2) is 35.7 Å². The average molecular weight is 492 g/mol. The molecule has 1 aromatic heterocycles. The number of hydrogen-bond acceptors (Lipinski definition) is 4. The lowest BCUT2D eigenvalue weighted by atomic mass is 9.73. The maximum absolute atomic E-state index is 13.6. The molecule has 33 heavy (non-hydrogen) atoms. The van der Waals surface area contributed by atoms with Crippen molar-refractivity contribution in [3.8, 4) is 0 Å². The first-order valence-electron chi connectivity index (χ1n) is 11.1. The Morgan fingerprint density at radius 2 is 2.00 bits per heavy atom. The third-order valence-electron chi connectivity index (χ3n) is 6.47. The summed E-state index contributed by atoms with van der Waals surface area (Å²) in [6.45, 7) is 5.25. The molecule has 2 saturated heterocycles. The van der Waals surface area contributed by atoms with Gasteiger partial charge in [0.1, 0.15) is 11.4 Å². The lowest BCUT2D eigenvalue weighted by Crippen LogP contribution is -2.57. The molecule has 3 heterocycles. The summed E-state index contributed by atoms with van der Waals surface area (Å²) in [5.74, 6) is -0.827. The lowest BCUT2D eigenvalue weighted by molar-refractivity contribution is -0.135. The van der Waals surface area contributed by atoms with Crippen LogP contribution in [-0.2, 0) is 11.3 Å². The first kappa shape index (κ1) is 23.7. The molecule has 4 amide bonds. The summed E-state index contributed by atoms with van der Waals surface area (Å²) < 4.78 is 13.5. The quantitative estimate of drug-likeness (QED) is 0.582. The molecule has 2 aliphatic rings. The van der Waals surface area contributed by atoms with E-state index in [0.29, 0.717) is 37.9 Å². The number of hydrogen-bond donors (Lipinski definition) is 1. The summed E-state index contributed by atoms with van der Waals surface area (Å²) in [7, 11) is 0. The van der Waals surface area contributed by atoms with Crippen LogP contribution in [0.1, 0.15) is 48.3 Å². The topological polar surface area (TPSA) is 69.7 Å². The predicted octanol–water partition coefficient (Wildman–Crippen LogP) is 4.93. The number of nitrogens with one attached hydrogen (secondary N) is 1. The van der Waals surface area contributed by atoms with E-state index in [2.05, 4.69) is 5.32 Å². The SMILES string of the molecule is CC(C)C[C@@]1(C2CCN(C(=O)c3ccc(F)c(Cl)c3)CC2)NC(=O)N(Cc2cccs2)C1=O. The van der Waals surface area contributed by atoms with Gasteiger partial charge in [-0.25, -0.2) is 9.18 Å². The summed E-state index contributed by atoms with van der Waals surface area (Å²) in [5.41, 5.74) is -0.624. The molecule has 0 saturated carbocycles. The van der Waals surface area contributed by atoms with Crippen LogP contribution in [0.25, 0.3) is 0 Å². The molecule has 0 spiro atoms. The smallest absolute Gasteiger partial charge is 0.325 e. The number of urea groups is 1. The van der Waals surface area contributed by atoms with E-state index in [1.165, 1.54) is 34.4 Å². The third kappa shape index (κ3) is 4.64. The molecule has 1 aromatic carbocycles.